The van der Waals surface area contributed by atoms with E-state index >= 15 is 0 Å². The van der Waals surface area contributed by atoms with Gasteiger partial charge in [0.15, 0.2) is 0 Å². The minimum atomic E-state index is 1.08. The molecule has 0 spiro atoms. The Morgan fingerprint density at radius 3 is 1.21 bits per heavy atom. The molecule has 0 fully saturated rings. The summed E-state index contributed by atoms with van der Waals surface area (Å²) >= 11 is 3.54. The van der Waals surface area contributed by atoms with Gasteiger partial charge >= 0.3 is 0 Å². The number of hydrogen-bond acceptors (Lipinski definition) is 1. The van der Waals surface area contributed by atoms with Crippen LogP contribution in [0, 0.1) is 0 Å². The number of rotatable bonds is 6. The summed E-state index contributed by atoms with van der Waals surface area (Å²) < 4.78 is 1.08. The molecule has 38 heavy (non-hydrogen) atoms. The number of anilines is 3. The quantitative estimate of drug-likeness (QED) is 0.199. The number of hydrogen-bond donors (Lipinski definition) is 0. The average Bonchev–Trinajstić information content (AvgIpc) is 3.00. The highest BCUT2D eigenvalue weighted by Gasteiger charge is 2.14. The Morgan fingerprint density at radius 2 is 0.711 bits per heavy atom. The summed E-state index contributed by atoms with van der Waals surface area (Å²) in [7, 11) is 0. The van der Waals surface area contributed by atoms with Gasteiger partial charge in [-0.2, -0.15) is 0 Å². The van der Waals surface area contributed by atoms with Gasteiger partial charge in [0.1, 0.15) is 0 Å². The van der Waals surface area contributed by atoms with E-state index in [0.29, 0.717) is 0 Å². The van der Waals surface area contributed by atoms with Crippen molar-refractivity contribution in [3.05, 3.63) is 162 Å². The van der Waals surface area contributed by atoms with Gasteiger partial charge in [-0.1, -0.05) is 125 Å². The first-order chi connectivity index (χ1) is 18.7. The van der Waals surface area contributed by atoms with Crippen molar-refractivity contribution in [1.82, 2.24) is 0 Å². The summed E-state index contributed by atoms with van der Waals surface area (Å²) in [6.07, 6.45) is 0. The van der Waals surface area contributed by atoms with E-state index in [1.54, 1.807) is 0 Å². The Morgan fingerprint density at radius 1 is 0.316 bits per heavy atom. The van der Waals surface area contributed by atoms with Crippen molar-refractivity contribution in [2.45, 2.75) is 0 Å². The first-order valence-corrected chi connectivity index (χ1v) is 13.5. The molecule has 0 atom stereocenters. The van der Waals surface area contributed by atoms with E-state index in [9.17, 15) is 0 Å². The van der Waals surface area contributed by atoms with Gasteiger partial charge in [0.25, 0.3) is 0 Å². The Hall–Kier alpha value is -4.40. The highest BCUT2D eigenvalue weighted by Crippen LogP contribution is 2.38. The van der Waals surface area contributed by atoms with Crippen LogP contribution in [0.4, 0.5) is 17.1 Å². The van der Waals surface area contributed by atoms with Crippen molar-refractivity contribution < 1.29 is 0 Å². The molecule has 6 aromatic rings. The van der Waals surface area contributed by atoms with Gasteiger partial charge in [-0.25, -0.2) is 0 Å². The van der Waals surface area contributed by atoms with Crippen LogP contribution in [0.25, 0.3) is 33.4 Å². The van der Waals surface area contributed by atoms with E-state index in [-0.39, 0.29) is 0 Å². The fourth-order valence-electron chi connectivity index (χ4n) is 4.78. The van der Waals surface area contributed by atoms with Crippen LogP contribution in [0.5, 0.6) is 0 Å². The van der Waals surface area contributed by atoms with Crippen LogP contribution in [0.2, 0.25) is 0 Å². The molecule has 0 saturated carbocycles. The normalized spacial score (nSPS) is 10.8. The first kappa shape index (κ1) is 24.0. The molecule has 2 heteroatoms. The number of benzene rings is 6. The lowest BCUT2D eigenvalue weighted by Gasteiger charge is -2.26. The van der Waals surface area contributed by atoms with Gasteiger partial charge in [-0.05, 0) is 81.9 Å². The van der Waals surface area contributed by atoms with Gasteiger partial charge in [0, 0.05) is 21.5 Å². The zero-order chi connectivity index (χ0) is 25.7. The molecule has 0 aliphatic rings. The lowest BCUT2D eigenvalue weighted by atomic mass is 10.0. The second-order valence-electron chi connectivity index (χ2n) is 9.22. The lowest BCUT2D eigenvalue weighted by Crippen LogP contribution is -2.10. The predicted molar refractivity (Wildman–Crippen MR) is 165 cm³/mol. The Balaban J connectivity index is 1.42. The maximum atomic E-state index is 3.54. The Bertz CT molecular complexity index is 1620. The molecule has 0 bridgehead atoms. The van der Waals surface area contributed by atoms with E-state index in [0.717, 1.165) is 21.5 Å². The van der Waals surface area contributed by atoms with Gasteiger partial charge in [-0.15, -0.1) is 0 Å². The number of nitrogens with zero attached hydrogens (tertiary/aromatic N) is 1. The molecule has 182 valence electrons. The minimum Gasteiger partial charge on any atom is -0.310 e. The van der Waals surface area contributed by atoms with E-state index in [1.165, 1.54) is 33.4 Å². The van der Waals surface area contributed by atoms with Crippen LogP contribution in [-0.2, 0) is 0 Å². The fourth-order valence-corrected chi connectivity index (χ4v) is 5.05. The van der Waals surface area contributed by atoms with Crippen molar-refractivity contribution in [3.63, 3.8) is 0 Å². The van der Waals surface area contributed by atoms with E-state index in [1.807, 2.05) is 0 Å². The summed E-state index contributed by atoms with van der Waals surface area (Å²) in [4.78, 5) is 2.33. The molecule has 0 aliphatic heterocycles. The largest absolute Gasteiger partial charge is 0.310 e. The van der Waals surface area contributed by atoms with Crippen LogP contribution < -0.4 is 4.90 Å². The number of halogens is 1. The van der Waals surface area contributed by atoms with Crippen molar-refractivity contribution in [3.8, 4) is 33.4 Å². The van der Waals surface area contributed by atoms with E-state index < -0.39 is 0 Å². The van der Waals surface area contributed by atoms with Crippen molar-refractivity contribution in [2.24, 2.45) is 0 Å². The summed E-state index contributed by atoms with van der Waals surface area (Å²) in [5.41, 5.74) is 10.6. The zero-order valence-electron chi connectivity index (χ0n) is 20.8. The highest BCUT2D eigenvalue weighted by molar-refractivity contribution is 9.10. The molecule has 0 radical (unpaired) electrons. The fraction of sp³-hybridized carbons (Fsp3) is 0. The van der Waals surface area contributed by atoms with Gasteiger partial charge < -0.3 is 4.90 Å². The third-order valence-electron chi connectivity index (χ3n) is 6.75. The van der Waals surface area contributed by atoms with E-state index in [2.05, 4.69) is 179 Å². The molecule has 0 amide bonds. The smallest absolute Gasteiger partial charge is 0.0467 e. The standard InChI is InChI=1S/C36H26BrN/c37-33-20-14-29(15-21-33)31-18-24-35(25-19-31)38(34-22-16-30(17-23-34)27-8-3-1-4-9-27)36-13-7-12-32(26-36)28-10-5-2-6-11-28/h1-26H. The topological polar surface area (TPSA) is 3.24 Å². The van der Waals surface area contributed by atoms with Crippen LogP contribution in [0.1, 0.15) is 0 Å². The second kappa shape index (κ2) is 10.9. The highest BCUT2D eigenvalue weighted by atomic mass is 79.9. The Kier molecular flexibility index (Phi) is 6.89. The molecule has 1 nitrogen and oxygen atoms in total. The van der Waals surface area contributed by atoms with Gasteiger partial charge in [0.05, 0.1) is 0 Å². The first-order valence-electron chi connectivity index (χ1n) is 12.7. The van der Waals surface area contributed by atoms with Gasteiger partial charge in [0.2, 0.25) is 0 Å². The molecule has 0 aromatic heterocycles. The zero-order valence-corrected chi connectivity index (χ0v) is 22.4. The molecule has 0 aliphatic carbocycles. The van der Waals surface area contributed by atoms with Crippen molar-refractivity contribution in [1.29, 1.82) is 0 Å². The molecule has 0 heterocycles. The van der Waals surface area contributed by atoms with Gasteiger partial charge in [-0.3, -0.25) is 0 Å². The second-order valence-corrected chi connectivity index (χ2v) is 10.1. The summed E-state index contributed by atoms with van der Waals surface area (Å²) in [5, 5.41) is 0. The van der Waals surface area contributed by atoms with Crippen LogP contribution in [0.3, 0.4) is 0 Å². The molecule has 0 saturated heterocycles. The van der Waals surface area contributed by atoms with Crippen LogP contribution in [0.15, 0.2) is 162 Å². The van der Waals surface area contributed by atoms with Crippen molar-refractivity contribution >= 4 is 33.0 Å². The predicted octanol–water partition coefficient (Wildman–Crippen LogP) is 10.9. The Labute approximate surface area is 232 Å². The van der Waals surface area contributed by atoms with Crippen molar-refractivity contribution in [2.75, 3.05) is 4.90 Å². The molecular weight excluding hydrogens is 526 g/mol. The summed E-state index contributed by atoms with van der Waals surface area (Å²) in [6, 6.07) is 55.9. The third kappa shape index (κ3) is 5.18. The van der Waals surface area contributed by atoms with Crippen LogP contribution >= 0.6 is 15.9 Å². The third-order valence-corrected chi connectivity index (χ3v) is 7.28. The molecular formula is C36H26BrN. The minimum absolute atomic E-state index is 1.08. The van der Waals surface area contributed by atoms with Crippen LogP contribution in [-0.4, -0.2) is 0 Å². The maximum absolute atomic E-state index is 3.54. The monoisotopic (exact) mass is 551 g/mol. The molecule has 0 N–H and O–H groups in total. The SMILES string of the molecule is Brc1ccc(-c2ccc(N(c3ccc(-c4ccccc4)cc3)c3cccc(-c4ccccc4)c3)cc2)cc1. The lowest BCUT2D eigenvalue weighted by molar-refractivity contribution is 1.28. The molecule has 0 unspecified atom stereocenters. The van der Waals surface area contributed by atoms with E-state index in [4.69, 9.17) is 0 Å². The molecule has 6 aromatic carbocycles. The maximum Gasteiger partial charge on any atom is 0.0467 e. The average molecular weight is 553 g/mol. The summed E-state index contributed by atoms with van der Waals surface area (Å²) in [6.45, 7) is 0. The summed E-state index contributed by atoms with van der Waals surface area (Å²) in [5.74, 6) is 0. The molecule has 6 rings (SSSR count).